The van der Waals surface area contributed by atoms with Crippen LogP contribution in [0, 0.1) is 46.8 Å². The zero-order valence-electron chi connectivity index (χ0n) is 15.2. The average Bonchev–Trinajstić information content (AvgIpc) is 2.93. The van der Waals surface area contributed by atoms with Crippen LogP contribution in [-0.2, 0) is 4.74 Å². The van der Waals surface area contributed by atoms with Crippen LogP contribution in [0.5, 0.6) is 0 Å². The van der Waals surface area contributed by atoms with Crippen molar-refractivity contribution in [3.05, 3.63) is 0 Å². The normalized spacial score (nSPS) is 52.1. The van der Waals surface area contributed by atoms with Gasteiger partial charge in [0.2, 0.25) is 0 Å². The van der Waals surface area contributed by atoms with Crippen LogP contribution in [0.3, 0.4) is 0 Å². The first-order chi connectivity index (χ1) is 11.2. The summed E-state index contributed by atoms with van der Waals surface area (Å²) in [5, 5.41) is 0. The van der Waals surface area contributed by atoms with Gasteiger partial charge in [0.15, 0.2) is 0 Å². The average molecular weight is 315 g/mol. The van der Waals surface area contributed by atoms with Crippen LogP contribution in [0.2, 0.25) is 0 Å². The van der Waals surface area contributed by atoms with E-state index in [2.05, 4.69) is 12.8 Å². The molecule has 0 radical (unpaired) electrons. The van der Waals surface area contributed by atoms with Gasteiger partial charge in [0.05, 0.1) is 6.10 Å². The Labute approximate surface area is 142 Å². The first kappa shape index (κ1) is 16.0. The van der Waals surface area contributed by atoms with E-state index in [4.69, 9.17) is 11.2 Å². The quantitative estimate of drug-likeness (QED) is 0.617. The highest BCUT2D eigenvalue weighted by Crippen LogP contribution is 2.67. The predicted molar refractivity (Wildman–Crippen MR) is 94.9 cm³/mol. The van der Waals surface area contributed by atoms with Crippen LogP contribution in [0.4, 0.5) is 0 Å². The Kier molecular flexibility index (Phi) is 4.04. The minimum absolute atomic E-state index is 0.308. The Morgan fingerprint density at radius 3 is 2.65 bits per heavy atom. The highest BCUT2D eigenvalue weighted by atomic mass is 16.5. The Balaban J connectivity index is 1.65. The maximum atomic E-state index is 5.95. The van der Waals surface area contributed by atoms with E-state index >= 15 is 0 Å². The number of methoxy groups -OCH3 is 1. The molecular weight excluding hydrogens is 280 g/mol. The first-order valence-corrected chi connectivity index (χ1v) is 10.1. The van der Waals surface area contributed by atoms with Gasteiger partial charge in [0.25, 0.3) is 0 Å². The van der Waals surface area contributed by atoms with Gasteiger partial charge in [0.1, 0.15) is 0 Å². The third kappa shape index (κ3) is 2.17. The lowest BCUT2D eigenvalue weighted by atomic mass is 9.45. The molecule has 0 spiro atoms. The van der Waals surface area contributed by atoms with Gasteiger partial charge < -0.3 is 4.74 Å². The summed E-state index contributed by atoms with van der Waals surface area (Å²) in [5.41, 5.74) is 0.942. The fourth-order valence-electron chi connectivity index (χ4n) is 7.93. The van der Waals surface area contributed by atoms with Crippen molar-refractivity contribution in [3.63, 3.8) is 0 Å². The minimum Gasteiger partial charge on any atom is -0.381 e. The van der Waals surface area contributed by atoms with E-state index in [0.717, 1.165) is 30.1 Å². The molecule has 4 aliphatic rings. The van der Waals surface area contributed by atoms with E-state index in [9.17, 15) is 0 Å². The molecule has 128 valence electrons. The van der Waals surface area contributed by atoms with Gasteiger partial charge in [-0.15, -0.1) is 12.3 Å². The van der Waals surface area contributed by atoms with E-state index in [1.807, 2.05) is 7.11 Å². The zero-order valence-corrected chi connectivity index (χ0v) is 15.2. The second kappa shape index (κ2) is 5.80. The van der Waals surface area contributed by atoms with Crippen molar-refractivity contribution in [2.45, 2.75) is 83.7 Å². The molecule has 7 atom stereocenters. The number of fused-ring (bicyclic) bond motifs is 5. The molecule has 0 unspecified atom stereocenters. The first-order valence-electron chi connectivity index (χ1n) is 10.1. The summed E-state index contributed by atoms with van der Waals surface area (Å²) >= 11 is 0. The topological polar surface area (TPSA) is 9.23 Å². The molecule has 0 aromatic carbocycles. The monoisotopic (exact) mass is 314 g/mol. The fourth-order valence-corrected chi connectivity index (χ4v) is 7.93. The summed E-state index contributed by atoms with van der Waals surface area (Å²) in [6.45, 7) is 2.66. The van der Waals surface area contributed by atoms with Gasteiger partial charge in [0, 0.05) is 18.9 Å². The second-order valence-electron chi connectivity index (χ2n) is 9.36. The molecule has 1 nitrogen and oxygen atoms in total. The standard InChI is InChI=1S/C22H34O/c1-4-13-22-15-12-18-17(19(22)10-11-20(22)23-3)9-8-16-7-5-6-14-21(16,18)2/h1,16-20H,5-15H2,2-3H3/t16-,17+,18-,19-,20-,21-,22-/m0/s1. The predicted octanol–water partition coefficient (Wildman–Crippen LogP) is 5.44. The van der Waals surface area contributed by atoms with Gasteiger partial charge in [-0.1, -0.05) is 19.8 Å². The van der Waals surface area contributed by atoms with Crippen molar-refractivity contribution in [1.82, 2.24) is 0 Å². The molecule has 0 aromatic heterocycles. The maximum Gasteiger partial charge on any atom is 0.0639 e. The maximum absolute atomic E-state index is 5.95. The molecule has 23 heavy (non-hydrogen) atoms. The van der Waals surface area contributed by atoms with Gasteiger partial charge in [-0.2, -0.15) is 0 Å². The molecule has 4 fully saturated rings. The van der Waals surface area contributed by atoms with Crippen LogP contribution < -0.4 is 0 Å². The van der Waals surface area contributed by atoms with Gasteiger partial charge in [-0.25, -0.2) is 0 Å². The Morgan fingerprint density at radius 1 is 1.00 bits per heavy atom. The van der Waals surface area contributed by atoms with Crippen molar-refractivity contribution in [2.24, 2.45) is 34.5 Å². The van der Waals surface area contributed by atoms with Crippen LogP contribution in [0.25, 0.3) is 0 Å². The molecule has 0 aliphatic heterocycles. The largest absolute Gasteiger partial charge is 0.381 e. The minimum atomic E-state index is 0.308. The van der Waals surface area contributed by atoms with E-state index < -0.39 is 0 Å². The molecule has 0 amide bonds. The molecule has 1 heteroatoms. The number of hydrogen-bond acceptors (Lipinski definition) is 1. The van der Waals surface area contributed by atoms with E-state index in [1.165, 1.54) is 64.2 Å². The summed E-state index contributed by atoms with van der Waals surface area (Å²) in [6.07, 6.45) is 21.4. The molecule has 4 aliphatic carbocycles. The van der Waals surface area contributed by atoms with E-state index in [0.29, 0.717) is 16.9 Å². The molecule has 4 rings (SSSR count). The summed E-state index contributed by atoms with van der Waals surface area (Å²) in [6, 6.07) is 0. The molecule has 0 aromatic rings. The van der Waals surface area contributed by atoms with Crippen molar-refractivity contribution >= 4 is 0 Å². The van der Waals surface area contributed by atoms with Crippen molar-refractivity contribution < 1.29 is 4.74 Å². The molecule has 0 saturated heterocycles. The van der Waals surface area contributed by atoms with Crippen LogP contribution >= 0.6 is 0 Å². The molecular formula is C22H34O. The number of rotatable bonds is 2. The Morgan fingerprint density at radius 2 is 1.87 bits per heavy atom. The third-order valence-corrected chi connectivity index (χ3v) is 8.94. The number of hydrogen-bond donors (Lipinski definition) is 0. The molecule has 0 N–H and O–H groups in total. The number of terminal acetylenes is 1. The summed E-state index contributed by atoms with van der Waals surface area (Å²) in [5.74, 6) is 6.78. The lowest BCUT2D eigenvalue weighted by molar-refractivity contribution is -0.130. The van der Waals surface area contributed by atoms with E-state index in [-0.39, 0.29) is 0 Å². The fraction of sp³-hybridized carbons (Fsp3) is 0.909. The smallest absolute Gasteiger partial charge is 0.0639 e. The Hall–Kier alpha value is -0.480. The molecule has 4 saturated carbocycles. The highest BCUT2D eigenvalue weighted by Gasteiger charge is 2.61. The van der Waals surface area contributed by atoms with Crippen LogP contribution in [-0.4, -0.2) is 13.2 Å². The van der Waals surface area contributed by atoms with Crippen LogP contribution in [0.1, 0.15) is 77.6 Å². The van der Waals surface area contributed by atoms with Crippen LogP contribution in [0.15, 0.2) is 0 Å². The third-order valence-electron chi connectivity index (χ3n) is 8.94. The van der Waals surface area contributed by atoms with Crippen molar-refractivity contribution in [3.8, 4) is 12.3 Å². The summed E-state index contributed by atoms with van der Waals surface area (Å²) < 4.78 is 5.95. The lowest BCUT2D eigenvalue weighted by Gasteiger charge is -2.60. The van der Waals surface area contributed by atoms with Crippen molar-refractivity contribution in [2.75, 3.05) is 7.11 Å². The lowest BCUT2D eigenvalue weighted by Crippen LogP contribution is -2.54. The number of ether oxygens (including phenoxy) is 1. The van der Waals surface area contributed by atoms with Gasteiger partial charge in [-0.3, -0.25) is 0 Å². The van der Waals surface area contributed by atoms with Gasteiger partial charge >= 0.3 is 0 Å². The zero-order chi connectivity index (χ0) is 16.1. The summed E-state index contributed by atoms with van der Waals surface area (Å²) in [7, 11) is 1.91. The molecule has 0 heterocycles. The van der Waals surface area contributed by atoms with Gasteiger partial charge in [-0.05, 0) is 80.5 Å². The van der Waals surface area contributed by atoms with E-state index in [1.54, 1.807) is 0 Å². The SMILES string of the molecule is C#CC[C@]12CC[C@H]3[C@@H](CC[C@@H]4CCCC[C@@]43C)[C@@H]1CC[C@@H]2OC. The van der Waals surface area contributed by atoms with Crippen molar-refractivity contribution in [1.29, 1.82) is 0 Å². The Bertz CT molecular complexity index is 491. The highest BCUT2D eigenvalue weighted by molar-refractivity contribution is 5.13. The molecule has 0 bridgehead atoms. The second-order valence-corrected chi connectivity index (χ2v) is 9.36. The summed E-state index contributed by atoms with van der Waals surface area (Å²) in [4.78, 5) is 0.